The average Bonchev–Trinajstić information content (AvgIpc) is 3.13. The first-order chi connectivity index (χ1) is 15.6. The highest BCUT2D eigenvalue weighted by Crippen LogP contribution is 2.35. The summed E-state index contributed by atoms with van der Waals surface area (Å²) in [6.45, 7) is 3.59. The molecule has 1 aromatic heterocycles. The van der Waals surface area contributed by atoms with E-state index in [0.29, 0.717) is 47.4 Å². The molecule has 0 radical (unpaired) electrons. The minimum atomic E-state index is -0.443. The third kappa shape index (κ3) is 4.77. The maximum absolute atomic E-state index is 12.8. The van der Waals surface area contributed by atoms with Crippen LogP contribution in [-0.2, 0) is 16.1 Å². The van der Waals surface area contributed by atoms with Crippen molar-refractivity contribution in [3.63, 3.8) is 0 Å². The zero-order valence-corrected chi connectivity index (χ0v) is 18.8. The minimum absolute atomic E-state index is 0.0769. The lowest BCUT2D eigenvalue weighted by Crippen LogP contribution is -2.22. The number of hydrogen-bond donors (Lipinski definition) is 0. The van der Waals surface area contributed by atoms with Crippen LogP contribution < -0.4 is 19.0 Å². The topological polar surface area (TPSA) is 88.4 Å². The molecule has 4 rings (SSSR count). The molecule has 3 aromatic rings. The monoisotopic (exact) mass is 456 g/mol. The van der Waals surface area contributed by atoms with Crippen LogP contribution in [-0.4, -0.2) is 43.4 Å². The lowest BCUT2D eigenvalue weighted by Gasteiger charge is -2.18. The number of esters is 1. The molecule has 0 saturated heterocycles. The summed E-state index contributed by atoms with van der Waals surface area (Å²) in [4.78, 5) is 29.6. The van der Waals surface area contributed by atoms with Gasteiger partial charge >= 0.3 is 5.97 Å². The number of unbranched alkanes of at least 4 members (excludes halogenated alkanes) is 1. The van der Waals surface area contributed by atoms with Crippen LogP contribution in [0.1, 0.15) is 30.1 Å². The Labute approximate surface area is 189 Å². The van der Waals surface area contributed by atoms with Gasteiger partial charge in [-0.25, -0.2) is 0 Å². The smallest absolute Gasteiger partial charge is 0.325 e. The van der Waals surface area contributed by atoms with Crippen LogP contribution in [0.25, 0.3) is 10.2 Å². The van der Waals surface area contributed by atoms with Crippen molar-refractivity contribution in [3.8, 4) is 17.2 Å². The Kier molecular flexibility index (Phi) is 6.75. The molecule has 1 aliphatic heterocycles. The van der Waals surface area contributed by atoms with Crippen molar-refractivity contribution < 1.29 is 28.5 Å². The maximum Gasteiger partial charge on any atom is 0.325 e. The van der Waals surface area contributed by atoms with Crippen molar-refractivity contribution in [1.29, 1.82) is 0 Å². The Bertz CT molecular complexity index is 1200. The molecular formula is C23H24N2O6S. The Morgan fingerprint density at radius 3 is 2.53 bits per heavy atom. The number of thiazole rings is 1. The fourth-order valence-electron chi connectivity index (χ4n) is 3.22. The molecule has 0 N–H and O–H groups in total. The molecule has 32 heavy (non-hydrogen) atoms. The number of hydrogen-bond acceptors (Lipinski definition) is 7. The summed E-state index contributed by atoms with van der Waals surface area (Å²) in [5, 5.41) is 0. The second-order valence-electron chi connectivity index (χ2n) is 7.15. The molecule has 2 aromatic carbocycles. The first kappa shape index (κ1) is 21.9. The summed E-state index contributed by atoms with van der Waals surface area (Å²) in [5.74, 6) is 1.08. The van der Waals surface area contributed by atoms with Gasteiger partial charge in [0.25, 0.3) is 5.91 Å². The van der Waals surface area contributed by atoms with Gasteiger partial charge in [0.2, 0.25) is 0 Å². The van der Waals surface area contributed by atoms with Gasteiger partial charge in [-0.15, -0.1) is 0 Å². The fourth-order valence-corrected chi connectivity index (χ4v) is 4.26. The van der Waals surface area contributed by atoms with Crippen molar-refractivity contribution in [3.05, 3.63) is 46.8 Å². The largest absolute Gasteiger partial charge is 0.494 e. The van der Waals surface area contributed by atoms with Crippen LogP contribution in [0.2, 0.25) is 0 Å². The third-order valence-corrected chi connectivity index (χ3v) is 5.97. The number of amides is 1. The quantitative estimate of drug-likeness (QED) is 0.399. The van der Waals surface area contributed by atoms with Crippen LogP contribution in [0.15, 0.2) is 41.4 Å². The zero-order chi connectivity index (χ0) is 22.5. The van der Waals surface area contributed by atoms with E-state index >= 15 is 0 Å². The number of rotatable bonds is 7. The number of nitrogens with zero attached hydrogens (tertiary/aromatic N) is 2. The Morgan fingerprint density at radius 1 is 1.12 bits per heavy atom. The molecule has 1 aliphatic rings. The molecule has 0 atom stereocenters. The van der Waals surface area contributed by atoms with Crippen molar-refractivity contribution in [1.82, 2.24) is 4.57 Å². The molecule has 0 fully saturated rings. The van der Waals surface area contributed by atoms with Gasteiger partial charge in [0, 0.05) is 17.7 Å². The van der Waals surface area contributed by atoms with Crippen LogP contribution in [0, 0.1) is 0 Å². The van der Waals surface area contributed by atoms with E-state index in [1.54, 1.807) is 34.9 Å². The third-order valence-electron chi connectivity index (χ3n) is 4.93. The second-order valence-corrected chi connectivity index (χ2v) is 8.16. The summed E-state index contributed by atoms with van der Waals surface area (Å²) in [7, 11) is 1.32. The molecule has 0 unspecified atom stereocenters. The summed E-state index contributed by atoms with van der Waals surface area (Å²) >= 11 is 1.30. The predicted octanol–water partition coefficient (Wildman–Crippen LogP) is 3.57. The highest BCUT2D eigenvalue weighted by molar-refractivity contribution is 7.16. The van der Waals surface area contributed by atoms with Gasteiger partial charge in [-0.2, -0.15) is 4.99 Å². The van der Waals surface area contributed by atoms with Crippen molar-refractivity contribution in [2.75, 3.05) is 26.9 Å². The minimum Gasteiger partial charge on any atom is -0.494 e. The number of carbonyl (C=O) groups is 2. The number of fused-ring (bicyclic) bond motifs is 2. The highest BCUT2D eigenvalue weighted by atomic mass is 32.1. The van der Waals surface area contributed by atoms with Crippen LogP contribution in [0.4, 0.5) is 0 Å². The first-order valence-corrected chi connectivity index (χ1v) is 11.2. The van der Waals surface area contributed by atoms with Crippen molar-refractivity contribution in [2.24, 2.45) is 4.99 Å². The van der Waals surface area contributed by atoms with Crippen molar-refractivity contribution >= 4 is 33.4 Å². The highest BCUT2D eigenvalue weighted by Gasteiger charge is 2.18. The Hall–Kier alpha value is -3.33. The molecule has 2 heterocycles. The SMILES string of the molecule is CCCCOc1ccc(C(=O)N=c2sc3cc4c(cc3n2CC(=O)OC)OCCO4)cc1. The second kappa shape index (κ2) is 9.86. The van der Waals surface area contributed by atoms with E-state index < -0.39 is 11.9 Å². The molecule has 0 bridgehead atoms. The maximum atomic E-state index is 12.8. The Balaban J connectivity index is 1.69. The van der Waals surface area contributed by atoms with Crippen LogP contribution in [0.5, 0.6) is 17.2 Å². The summed E-state index contributed by atoms with van der Waals surface area (Å²) in [6.07, 6.45) is 2.03. The van der Waals surface area contributed by atoms with Gasteiger partial charge in [-0.3, -0.25) is 9.59 Å². The lowest BCUT2D eigenvalue weighted by molar-refractivity contribution is -0.141. The first-order valence-electron chi connectivity index (χ1n) is 10.4. The summed E-state index contributed by atoms with van der Waals surface area (Å²) in [6, 6.07) is 10.5. The predicted molar refractivity (Wildman–Crippen MR) is 120 cm³/mol. The molecule has 9 heteroatoms. The normalized spacial score (nSPS) is 13.2. The van der Waals surface area contributed by atoms with Crippen molar-refractivity contribution in [2.45, 2.75) is 26.3 Å². The van der Waals surface area contributed by atoms with Gasteiger partial charge in [0.05, 0.1) is 23.9 Å². The van der Waals surface area contributed by atoms with Crippen LogP contribution >= 0.6 is 11.3 Å². The van der Waals surface area contributed by atoms with E-state index in [-0.39, 0.29) is 6.54 Å². The van der Waals surface area contributed by atoms with E-state index in [1.165, 1.54) is 18.4 Å². The van der Waals surface area contributed by atoms with Gasteiger partial charge in [-0.05, 0) is 30.7 Å². The molecule has 1 amide bonds. The number of carbonyl (C=O) groups excluding carboxylic acids is 2. The van der Waals surface area contributed by atoms with Gasteiger partial charge < -0.3 is 23.5 Å². The fraction of sp³-hybridized carbons (Fsp3) is 0.348. The average molecular weight is 457 g/mol. The number of aromatic nitrogens is 1. The Morgan fingerprint density at radius 2 is 1.84 bits per heavy atom. The number of methoxy groups -OCH3 is 1. The van der Waals surface area contributed by atoms with Crippen LogP contribution in [0.3, 0.4) is 0 Å². The number of benzene rings is 2. The molecule has 0 saturated carbocycles. The molecule has 0 aliphatic carbocycles. The van der Waals surface area contributed by atoms with Gasteiger partial charge in [-0.1, -0.05) is 24.7 Å². The van der Waals surface area contributed by atoms with Gasteiger partial charge in [0.15, 0.2) is 16.3 Å². The summed E-state index contributed by atoms with van der Waals surface area (Å²) in [5.41, 5.74) is 1.15. The van der Waals surface area contributed by atoms with Gasteiger partial charge in [0.1, 0.15) is 25.5 Å². The van der Waals surface area contributed by atoms with E-state index in [1.807, 2.05) is 6.07 Å². The standard InChI is InChI=1S/C23H24N2O6S/c1-3-4-9-29-16-7-5-15(6-8-16)22(27)24-23-25(14-21(26)28-2)17-12-18-19(13-20(17)32-23)31-11-10-30-18/h5-8,12-13H,3-4,9-11,14H2,1-2H3. The zero-order valence-electron chi connectivity index (χ0n) is 18.0. The molecule has 168 valence electrons. The molecule has 8 nitrogen and oxygen atoms in total. The van der Waals surface area contributed by atoms with E-state index in [4.69, 9.17) is 18.9 Å². The van der Waals surface area contributed by atoms with E-state index in [2.05, 4.69) is 11.9 Å². The lowest BCUT2D eigenvalue weighted by atomic mass is 10.2. The van der Waals surface area contributed by atoms with E-state index in [0.717, 1.165) is 23.1 Å². The van der Waals surface area contributed by atoms with E-state index in [9.17, 15) is 9.59 Å². The summed E-state index contributed by atoms with van der Waals surface area (Å²) < 4.78 is 24.3. The number of ether oxygens (including phenoxy) is 4. The molecular weight excluding hydrogens is 432 g/mol. The molecule has 0 spiro atoms.